The number of aryl methyl sites for hydroxylation is 1. The van der Waals surface area contributed by atoms with Gasteiger partial charge in [0.05, 0.1) is 10.6 Å². The molecule has 2 aromatic rings. The number of carbonyl (C=O) groups excluding carboxylic acids is 1. The van der Waals surface area contributed by atoms with E-state index in [0.29, 0.717) is 42.3 Å². The second-order valence-electron chi connectivity index (χ2n) is 5.76. The van der Waals surface area contributed by atoms with Crippen LogP contribution in [0.5, 0.6) is 5.75 Å². The number of nitrogens with one attached hydrogen (secondary N) is 1. The zero-order chi connectivity index (χ0) is 19.0. The van der Waals surface area contributed by atoms with Crippen molar-refractivity contribution in [2.45, 2.75) is 24.7 Å². The maximum Gasteiger partial charge on any atom is 0.224 e. The Bertz CT molecular complexity index is 816. The zero-order valence-electron chi connectivity index (χ0n) is 14.8. The molecule has 2 aromatic carbocycles. The number of benzene rings is 2. The summed E-state index contributed by atoms with van der Waals surface area (Å²) in [6.07, 6.45) is 0.848. The van der Waals surface area contributed by atoms with Gasteiger partial charge in [0.1, 0.15) is 12.4 Å². The van der Waals surface area contributed by atoms with Crippen LogP contribution in [0.25, 0.3) is 0 Å². The largest absolute Gasteiger partial charge is 0.492 e. The molecule has 0 fully saturated rings. The van der Waals surface area contributed by atoms with E-state index in [2.05, 4.69) is 5.32 Å². The Morgan fingerprint density at radius 2 is 1.73 bits per heavy atom. The third-order valence-corrected chi connectivity index (χ3v) is 5.58. The maximum absolute atomic E-state index is 12.1. The van der Waals surface area contributed by atoms with E-state index in [1.54, 1.807) is 55.5 Å². The minimum atomic E-state index is -3.19. The zero-order valence-corrected chi connectivity index (χ0v) is 15.6. The molecular formula is C19H24N2O4S. The summed E-state index contributed by atoms with van der Waals surface area (Å²) < 4.78 is 29.0. The quantitative estimate of drug-likeness (QED) is 0.700. The third-order valence-electron chi connectivity index (χ3n) is 3.83. The van der Waals surface area contributed by atoms with E-state index in [-0.39, 0.29) is 11.7 Å². The van der Waals surface area contributed by atoms with Crippen molar-refractivity contribution in [2.24, 2.45) is 5.73 Å². The monoisotopic (exact) mass is 376 g/mol. The molecule has 0 radical (unpaired) electrons. The molecule has 0 heterocycles. The van der Waals surface area contributed by atoms with Gasteiger partial charge in [0.25, 0.3) is 0 Å². The van der Waals surface area contributed by atoms with Gasteiger partial charge in [-0.15, -0.1) is 0 Å². The van der Waals surface area contributed by atoms with Crippen LogP contribution in [0.15, 0.2) is 53.4 Å². The van der Waals surface area contributed by atoms with Crippen LogP contribution >= 0.6 is 0 Å². The van der Waals surface area contributed by atoms with Gasteiger partial charge >= 0.3 is 0 Å². The highest BCUT2D eigenvalue weighted by molar-refractivity contribution is 7.91. The van der Waals surface area contributed by atoms with Crippen molar-refractivity contribution in [3.8, 4) is 5.75 Å². The number of anilines is 1. The van der Waals surface area contributed by atoms with Crippen molar-refractivity contribution in [1.82, 2.24) is 0 Å². The molecule has 0 aliphatic heterocycles. The lowest BCUT2D eigenvalue weighted by molar-refractivity contribution is -0.116. The predicted molar refractivity (Wildman–Crippen MR) is 102 cm³/mol. The summed E-state index contributed by atoms with van der Waals surface area (Å²) in [5.41, 5.74) is 6.99. The van der Waals surface area contributed by atoms with Crippen LogP contribution in [0, 0.1) is 0 Å². The summed E-state index contributed by atoms with van der Waals surface area (Å²) in [4.78, 5) is 12.4. The van der Waals surface area contributed by atoms with Crippen molar-refractivity contribution in [1.29, 1.82) is 0 Å². The lowest BCUT2D eigenvalue weighted by Gasteiger charge is -2.08. The molecule has 0 saturated carbocycles. The lowest BCUT2D eigenvalue weighted by atomic mass is 10.1. The van der Waals surface area contributed by atoms with Gasteiger partial charge in [-0.3, -0.25) is 4.79 Å². The molecule has 0 saturated heterocycles. The first-order valence-corrected chi connectivity index (χ1v) is 10.1. The van der Waals surface area contributed by atoms with E-state index in [0.717, 1.165) is 5.56 Å². The topological polar surface area (TPSA) is 98.5 Å². The third kappa shape index (κ3) is 5.86. The van der Waals surface area contributed by atoms with Crippen LogP contribution in [-0.2, 0) is 21.1 Å². The van der Waals surface area contributed by atoms with Crippen LogP contribution in [0.4, 0.5) is 5.69 Å². The number of rotatable bonds is 9. The predicted octanol–water partition coefficient (Wildman–Crippen LogP) is 2.39. The van der Waals surface area contributed by atoms with Crippen LogP contribution in [0.3, 0.4) is 0 Å². The van der Waals surface area contributed by atoms with Gasteiger partial charge in [0.15, 0.2) is 9.84 Å². The highest BCUT2D eigenvalue weighted by Crippen LogP contribution is 2.17. The summed E-state index contributed by atoms with van der Waals surface area (Å²) in [6.45, 7) is 2.51. The standard InChI is InChI=1S/C19H24N2O4S/c1-2-26(23,24)18-10-3-15(4-11-18)5-12-19(22)21-16-6-8-17(9-7-16)25-14-13-20/h3-4,6-11H,2,5,12-14,20H2,1H3,(H,21,22). The molecule has 0 spiro atoms. The number of sulfone groups is 1. The summed E-state index contributed by atoms with van der Waals surface area (Å²) >= 11 is 0. The molecule has 0 atom stereocenters. The first-order chi connectivity index (χ1) is 12.4. The van der Waals surface area contributed by atoms with E-state index in [9.17, 15) is 13.2 Å². The molecule has 140 valence electrons. The van der Waals surface area contributed by atoms with Crippen LogP contribution in [0.1, 0.15) is 18.9 Å². The summed E-state index contributed by atoms with van der Waals surface area (Å²) in [7, 11) is -3.19. The summed E-state index contributed by atoms with van der Waals surface area (Å²) in [6, 6.07) is 13.8. The molecule has 0 aliphatic carbocycles. The number of ether oxygens (including phenoxy) is 1. The van der Waals surface area contributed by atoms with Gasteiger partial charge in [0, 0.05) is 18.7 Å². The molecule has 0 bridgehead atoms. The van der Waals surface area contributed by atoms with E-state index in [1.807, 2.05) is 0 Å². The Labute approximate surface area is 154 Å². The van der Waals surface area contributed by atoms with Crippen molar-refractivity contribution < 1.29 is 17.9 Å². The Balaban J connectivity index is 1.85. The molecular weight excluding hydrogens is 352 g/mol. The Morgan fingerprint density at radius 3 is 2.31 bits per heavy atom. The number of hydrogen-bond acceptors (Lipinski definition) is 5. The van der Waals surface area contributed by atoms with E-state index in [4.69, 9.17) is 10.5 Å². The number of carbonyl (C=O) groups is 1. The lowest BCUT2D eigenvalue weighted by Crippen LogP contribution is -2.13. The number of amides is 1. The van der Waals surface area contributed by atoms with Crippen molar-refractivity contribution in [2.75, 3.05) is 24.2 Å². The summed E-state index contributed by atoms with van der Waals surface area (Å²) in [5, 5.41) is 2.83. The van der Waals surface area contributed by atoms with Crippen LogP contribution in [-0.4, -0.2) is 33.2 Å². The second kappa shape index (κ2) is 9.35. The number of hydrogen-bond donors (Lipinski definition) is 2. The van der Waals surface area contributed by atoms with E-state index in [1.165, 1.54) is 0 Å². The molecule has 7 heteroatoms. The SMILES string of the molecule is CCS(=O)(=O)c1ccc(CCC(=O)Nc2ccc(OCCN)cc2)cc1. The minimum Gasteiger partial charge on any atom is -0.492 e. The van der Waals surface area contributed by atoms with Crippen LogP contribution in [0.2, 0.25) is 0 Å². The first-order valence-electron chi connectivity index (χ1n) is 8.49. The molecule has 1 amide bonds. The molecule has 2 rings (SSSR count). The first kappa shape index (κ1) is 19.9. The van der Waals surface area contributed by atoms with Gasteiger partial charge < -0.3 is 15.8 Å². The normalized spacial score (nSPS) is 11.2. The maximum atomic E-state index is 12.1. The Hall–Kier alpha value is -2.38. The second-order valence-corrected chi connectivity index (χ2v) is 8.04. The molecule has 6 nitrogen and oxygen atoms in total. The average Bonchev–Trinajstić information content (AvgIpc) is 2.66. The average molecular weight is 376 g/mol. The smallest absolute Gasteiger partial charge is 0.224 e. The van der Waals surface area contributed by atoms with Gasteiger partial charge in [-0.1, -0.05) is 19.1 Å². The highest BCUT2D eigenvalue weighted by atomic mass is 32.2. The fourth-order valence-electron chi connectivity index (χ4n) is 2.32. The van der Waals surface area contributed by atoms with E-state index >= 15 is 0 Å². The Morgan fingerprint density at radius 1 is 1.08 bits per heavy atom. The molecule has 0 aromatic heterocycles. The van der Waals surface area contributed by atoms with Gasteiger partial charge in [-0.05, 0) is 48.4 Å². The Kier molecular flexibility index (Phi) is 7.17. The molecule has 26 heavy (non-hydrogen) atoms. The molecule has 0 unspecified atom stereocenters. The highest BCUT2D eigenvalue weighted by Gasteiger charge is 2.11. The summed E-state index contributed by atoms with van der Waals surface area (Å²) in [5.74, 6) is 0.673. The minimum absolute atomic E-state index is 0.0742. The number of nitrogens with two attached hydrogens (primary N) is 1. The fourth-order valence-corrected chi connectivity index (χ4v) is 3.21. The van der Waals surface area contributed by atoms with Gasteiger partial charge in [0.2, 0.25) is 5.91 Å². The molecule has 0 aliphatic rings. The van der Waals surface area contributed by atoms with E-state index < -0.39 is 9.84 Å². The van der Waals surface area contributed by atoms with Crippen molar-refractivity contribution in [3.05, 3.63) is 54.1 Å². The fraction of sp³-hybridized carbons (Fsp3) is 0.316. The van der Waals surface area contributed by atoms with Gasteiger partial charge in [-0.2, -0.15) is 0 Å². The van der Waals surface area contributed by atoms with Crippen molar-refractivity contribution in [3.63, 3.8) is 0 Å². The molecule has 3 N–H and O–H groups in total. The van der Waals surface area contributed by atoms with Crippen molar-refractivity contribution >= 4 is 21.4 Å². The van der Waals surface area contributed by atoms with Gasteiger partial charge in [-0.25, -0.2) is 8.42 Å². The van der Waals surface area contributed by atoms with Crippen LogP contribution < -0.4 is 15.8 Å².